The molecule has 0 aromatic rings. The molecule has 0 bridgehead atoms. The standard InChI is InChI=1S/C24H38O5/c1-21-7-5-20-18(19(21)6-8-24(21)28-13-14-29-24)4-3-17-15-23(26-11-12-27-23)10-9-22(17,20)16-25-2/h17-20H,3-16H2,1-2H3/t17-,18?,19+,20+,21+,22-/m1/s1. The normalized spacial score (nSPS) is 49.9. The van der Waals surface area contributed by atoms with Crippen molar-refractivity contribution in [2.24, 2.45) is 34.5 Å². The molecule has 2 spiro atoms. The van der Waals surface area contributed by atoms with Crippen LogP contribution in [0.3, 0.4) is 0 Å². The van der Waals surface area contributed by atoms with Crippen LogP contribution in [0, 0.1) is 34.5 Å². The Morgan fingerprint density at radius 1 is 0.793 bits per heavy atom. The van der Waals surface area contributed by atoms with Crippen LogP contribution in [0.2, 0.25) is 0 Å². The molecule has 6 atom stereocenters. The quantitative estimate of drug-likeness (QED) is 0.690. The van der Waals surface area contributed by atoms with E-state index in [-0.39, 0.29) is 17.0 Å². The second-order valence-corrected chi connectivity index (χ2v) is 11.1. The minimum absolute atomic E-state index is 0.180. The summed E-state index contributed by atoms with van der Waals surface area (Å²) in [6.07, 6.45) is 10.8. The molecule has 6 aliphatic rings. The largest absolute Gasteiger partial charge is 0.384 e. The van der Waals surface area contributed by atoms with Crippen LogP contribution in [0.1, 0.15) is 64.7 Å². The molecule has 0 aromatic heterocycles. The van der Waals surface area contributed by atoms with Gasteiger partial charge in [-0.1, -0.05) is 6.92 Å². The maximum atomic E-state index is 6.32. The van der Waals surface area contributed by atoms with Gasteiger partial charge in [0.15, 0.2) is 11.6 Å². The highest BCUT2D eigenvalue weighted by Crippen LogP contribution is 2.70. The maximum absolute atomic E-state index is 6.32. The summed E-state index contributed by atoms with van der Waals surface area (Å²) in [5.41, 5.74) is 0.478. The van der Waals surface area contributed by atoms with Gasteiger partial charge in [-0.2, -0.15) is 0 Å². The minimum atomic E-state index is -0.296. The minimum Gasteiger partial charge on any atom is -0.384 e. The molecule has 2 heterocycles. The number of ether oxygens (including phenoxy) is 5. The summed E-state index contributed by atoms with van der Waals surface area (Å²) in [6.45, 7) is 6.45. The lowest BCUT2D eigenvalue weighted by Crippen LogP contribution is -2.60. The zero-order valence-corrected chi connectivity index (χ0v) is 18.3. The maximum Gasteiger partial charge on any atom is 0.174 e. The van der Waals surface area contributed by atoms with Crippen LogP contribution in [0.25, 0.3) is 0 Å². The predicted octanol–water partition coefficient (Wildman–Crippen LogP) is 4.14. The number of methoxy groups -OCH3 is 1. The van der Waals surface area contributed by atoms with Crippen LogP contribution >= 0.6 is 0 Å². The van der Waals surface area contributed by atoms with Crippen molar-refractivity contribution in [2.45, 2.75) is 76.3 Å². The fourth-order valence-corrected chi connectivity index (χ4v) is 9.19. The fourth-order valence-electron chi connectivity index (χ4n) is 9.19. The van der Waals surface area contributed by atoms with E-state index in [1.165, 1.54) is 38.5 Å². The van der Waals surface area contributed by atoms with Gasteiger partial charge in [0.2, 0.25) is 0 Å². The van der Waals surface area contributed by atoms with Gasteiger partial charge in [0.05, 0.1) is 33.0 Å². The fraction of sp³-hybridized carbons (Fsp3) is 1.00. The van der Waals surface area contributed by atoms with Crippen molar-refractivity contribution in [1.29, 1.82) is 0 Å². The number of fused-ring (bicyclic) bond motifs is 6. The van der Waals surface area contributed by atoms with E-state index in [2.05, 4.69) is 6.92 Å². The van der Waals surface area contributed by atoms with E-state index in [0.29, 0.717) is 11.3 Å². The van der Waals surface area contributed by atoms with Crippen molar-refractivity contribution in [2.75, 3.05) is 40.1 Å². The zero-order valence-electron chi connectivity index (χ0n) is 18.3. The average Bonchev–Trinajstić information content (AvgIpc) is 3.44. The third kappa shape index (κ3) is 2.51. The molecule has 0 amide bonds. The van der Waals surface area contributed by atoms with Gasteiger partial charge >= 0.3 is 0 Å². The summed E-state index contributed by atoms with van der Waals surface area (Å²) in [6, 6.07) is 0. The van der Waals surface area contributed by atoms with Crippen molar-refractivity contribution in [3.8, 4) is 0 Å². The van der Waals surface area contributed by atoms with Gasteiger partial charge in [-0.05, 0) is 62.2 Å². The first-order chi connectivity index (χ1) is 14.1. The molecule has 0 aromatic carbocycles. The van der Waals surface area contributed by atoms with E-state index < -0.39 is 0 Å². The Balaban J connectivity index is 1.31. The van der Waals surface area contributed by atoms with Crippen LogP contribution in [-0.2, 0) is 23.7 Å². The van der Waals surface area contributed by atoms with Gasteiger partial charge in [-0.15, -0.1) is 0 Å². The summed E-state index contributed by atoms with van der Waals surface area (Å²) in [5, 5.41) is 0. The summed E-state index contributed by atoms with van der Waals surface area (Å²) in [7, 11) is 1.90. The molecule has 29 heavy (non-hydrogen) atoms. The van der Waals surface area contributed by atoms with Crippen molar-refractivity contribution >= 4 is 0 Å². The third-order valence-electron chi connectivity index (χ3n) is 10.4. The molecular formula is C24H38O5. The molecule has 1 unspecified atom stereocenters. The first-order valence-corrected chi connectivity index (χ1v) is 12.1. The Bertz CT molecular complexity index is 639. The van der Waals surface area contributed by atoms with Crippen molar-refractivity contribution in [1.82, 2.24) is 0 Å². The van der Waals surface area contributed by atoms with Gasteiger partial charge in [0.25, 0.3) is 0 Å². The molecule has 0 radical (unpaired) electrons. The lowest BCUT2D eigenvalue weighted by molar-refractivity contribution is -0.264. The van der Waals surface area contributed by atoms with Gasteiger partial charge < -0.3 is 23.7 Å². The molecule has 4 aliphatic carbocycles. The second kappa shape index (κ2) is 6.65. The van der Waals surface area contributed by atoms with E-state index in [1.807, 2.05) is 7.11 Å². The lowest BCUT2D eigenvalue weighted by Gasteiger charge is -2.63. The Morgan fingerprint density at radius 3 is 2.28 bits per heavy atom. The zero-order chi connectivity index (χ0) is 19.7. The summed E-state index contributed by atoms with van der Waals surface area (Å²) >= 11 is 0. The molecule has 2 aliphatic heterocycles. The predicted molar refractivity (Wildman–Crippen MR) is 107 cm³/mol. The SMILES string of the molecule is COC[C@]12CCC3(C[C@H]1CCC1[C@@H]2CC[C@@]2(C)[C@H]1CCC21OCCO1)OCCO3. The van der Waals surface area contributed by atoms with Gasteiger partial charge in [-0.25, -0.2) is 0 Å². The van der Waals surface area contributed by atoms with Crippen molar-refractivity contribution < 1.29 is 23.7 Å². The Labute approximate surface area is 175 Å². The van der Waals surface area contributed by atoms with E-state index in [0.717, 1.165) is 70.1 Å². The Kier molecular flexibility index (Phi) is 4.47. The summed E-state index contributed by atoms with van der Waals surface area (Å²) in [5.74, 6) is 2.34. The average molecular weight is 407 g/mol. The highest BCUT2D eigenvalue weighted by Gasteiger charge is 2.68. The van der Waals surface area contributed by atoms with Gasteiger partial charge in [0, 0.05) is 37.2 Å². The van der Waals surface area contributed by atoms with Crippen LogP contribution in [-0.4, -0.2) is 51.7 Å². The van der Waals surface area contributed by atoms with Crippen molar-refractivity contribution in [3.63, 3.8) is 0 Å². The van der Waals surface area contributed by atoms with E-state index >= 15 is 0 Å². The number of hydrogen-bond donors (Lipinski definition) is 0. The molecule has 6 fully saturated rings. The molecule has 0 N–H and O–H groups in total. The first kappa shape index (κ1) is 19.5. The third-order valence-corrected chi connectivity index (χ3v) is 10.4. The topological polar surface area (TPSA) is 46.2 Å². The van der Waals surface area contributed by atoms with Crippen LogP contribution in [0.4, 0.5) is 0 Å². The van der Waals surface area contributed by atoms with E-state index in [9.17, 15) is 0 Å². The van der Waals surface area contributed by atoms with E-state index in [1.54, 1.807) is 0 Å². The van der Waals surface area contributed by atoms with Gasteiger partial charge in [-0.3, -0.25) is 0 Å². The molecule has 164 valence electrons. The molecule has 5 nitrogen and oxygen atoms in total. The Morgan fingerprint density at radius 2 is 1.52 bits per heavy atom. The Hall–Kier alpha value is -0.200. The molecule has 4 saturated carbocycles. The second-order valence-electron chi connectivity index (χ2n) is 11.1. The molecular weight excluding hydrogens is 368 g/mol. The summed E-state index contributed by atoms with van der Waals surface area (Å²) in [4.78, 5) is 0. The highest BCUT2D eigenvalue weighted by molar-refractivity contribution is 5.14. The van der Waals surface area contributed by atoms with Crippen LogP contribution in [0.5, 0.6) is 0 Å². The van der Waals surface area contributed by atoms with Gasteiger partial charge in [0.1, 0.15) is 0 Å². The summed E-state index contributed by atoms with van der Waals surface area (Å²) < 4.78 is 30.9. The number of hydrogen-bond acceptors (Lipinski definition) is 5. The molecule has 6 rings (SSSR count). The van der Waals surface area contributed by atoms with Crippen LogP contribution < -0.4 is 0 Å². The number of rotatable bonds is 2. The lowest BCUT2D eigenvalue weighted by atomic mass is 9.44. The molecule has 5 heteroatoms. The smallest absolute Gasteiger partial charge is 0.174 e. The van der Waals surface area contributed by atoms with Crippen molar-refractivity contribution in [3.05, 3.63) is 0 Å². The molecule has 2 saturated heterocycles. The first-order valence-electron chi connectivity index (χ1n) is 12.1. The van der Waals surface area contributed by atoms with E-state index in [4.69, 9.17) is 23.7 Å². The monoisotopic (exact) mass is 406 g/mol. The van der Waals surface area contributed by atoms with Crippen LogP contribution in [0.15, 0.2) is 0 Å². The highest BCUT2D eigenvalue weighted by atomic mass is 16.7.